The summed E-state index contributed by atoms with van der Waals surface area (Å²) < 4.78 is 0.968. The second-order valence-corrected chi connectivity index (χ2v) is 5.68. The molecule has 0 spiro atoms. The summed E-state index contributed by atoms with van der Waals surface area (Å²) in [6.07, 6.45) is 1.77. The average Bonchev–Trinajstić information content (AvgIpc) is 2.45. The third-order valence-electron chi connectivity index (χ3n) is 3.42. The fourth-order valence-electron chi connectivity index (χ4n) is 2.35. The van der Waals surface area contributed by atoms with Gasteiger partial charge in [-0.25, -0.2) is 0 Å². The fraction of sp³-hybridized carbons (Fsp3) is 0.200. The highest BCUT2D eigenvalue weighted by atomic mass is 79.9. The van der Waals surface area contributed by atoms with Crippen molar-refractivity contribution in [3.05, 3.63) is 52.8 Å². The standard InChI is InChI=1S/C15H14BrN3O/c1-18-14-8-11(16)5-6-13(14)19(10-15(18)20)9-12-4-2-3-7-17-12/h2-8H,9-10H2,1H3. The van der Waals surface area contributed by atoms with E-state index in [-0.39, 0.29) is 5.91 Å². The van der Waals surface area contributed by atoms with E-state index in [0.29, 0.717) is 13.1 Å². The quantitative estimate of drug-likeness (QED) is 0.849. The van der Waals surface area contributed by atoms with E-state index in [4.69, 9.17) is 0 Å². The maximum Gasteiger partial charge on any atom is 0.246 e. The van der Waals surface area contributed by atoms with Gasteiger partial charge in [-0.1, -0.05) is 22.0 Å². The van der Waals surface area contributed by atoms with Crippen LogP contribution in [0, 0.1) is 0 Å². The van der Waals surface area contributed by atoms with Crippen LogP contribution in [0.5, 0.6) is 0 Å². The number of aromatic nitrogens is 1. The molecule has 0 N–H and O–H groups in total. The van der Waals surface area contributed by atoms with E-state index < -0.39 is 0 Å². The van der Waals surface area contributed by atoms with Crippen molar-refractivity contribution in [1.82, 2.24) is 4.98 Å². The van der Waals surface area contributed by atoms with E-state index >= 15 is 0 Å². The molecule has 1 amide bonds. The summed E-state index contributed by atoms with van der Waals surface area (Å²) in [7, 11) is 1.81. The molecule has 4 nitrogen and oxygen atoms in total. The molecule has 5 heteroatoms. The largest absolute Gasteiger partial charge is 0.355 e. The zero-order chi connectivity index (χ0) is 14.1. The smallest absolute Gasteiger partial charge is 0.246 e. The predicted molar refractivity (Wildman–Crippen MR) is 82.8 cm³/mol. The molecule has 0 fully saturated rings. The van der Waals surface area contributed by atoms with Crippen molar-refractivity contribution < 1.29 is 4.79 Å². The Hall–Kier alpha value is -1.88. The summed E-state index contributed by atoms with van der Waals surface area (Å²) in [5, 5.41) is 0. The first kappa shape index (κ1) is 13.1. The molecule has 1 aromatic heterocycles. The zero-order valence-corrected chi connectivity index (χ0v) is 12.7. The van der Waals surface area contributed by atoms with Crippen LogP contribution in [-0.4, -0.2) is 24.5 Å². The Labute approximate surface area is 126 Å². The molecule has 0 unspecified atom stereocenters. The first-order chi connectivity index (χ1) is 9.65. The number of nitrogens with zero attached hydrogens (tertiary/aromatic N) is 3. The average molecular weight is 332 g/mol. The molecule has 0 bridgehead atoms. The lowest BCUT2D eigenvalue weighted by molar-refractivity contribution is -0.117. The molecular weight excluding hydrogens is 318 g/mol. The van der Waals surface area contributed by atoms with Gasteiger partial charge in [0.15, 0.2) is 0 Å². The van der Waals surface area contributed by atoms with Gasteiger partial charge < -0.3 is 9.80 Å². The molecule has 0 saturated carbocycles. The molecule has 1 aromatic carbocycles. The summed E-state index contributed by atoms with van der Waals surface area (Å²) >= 11 is 3.46. The van der Waals surface area contributed by atoms with E-state index in [1.165, 1.54) is 0 Å². The van der Waals surface area contributed by atoms with Crippen molar-refractivity contribution >= 4 is 33.2 Å². The Morgan fingerprint density at radius 2 is 2.10 bits per heavy atom. The number of benzene rings is 1. The van der Waals surface area contributed by atoms with Gasteiger partial charge in [-0.05, 0) is 30.3 Å². The summed E-state index contributed by atoms with van der Waals surface area (Å²) in [4.78, 5) is 20.2. The number of likely N-dealkylation sites (N-methyl/N-ethyl adjacent to an activating group) is 1. The zero-order valence-electron chi connectivity index (χ0n) is 11.1. The van der Waals surface area contributed by atoms with E-state index in [1.54, 1.807) is 11.1 Å². The van der Waals surface area contributed by atoms with Gasteiger partial charge in [-0.2, -0.15) is 0 Å². The maximum atomic E-state index is 12.1. The van der Waals surface area contributed by atoms with Gasteiger partial charge in [0.25, 0.3) is 0 Å². The molecule has 20 heavy (non-hydrogen) atoms. The molecule has 0 saturated heterocycles. The summed E-state index contributed by atoms with van der Waals surface area (Å²) in [5.41, 5.74) is 2.94. The highest BCUT2D eigenvalue weighted by molar-refractivity contribution is 9.10. The highest BCUT2D eigenvalue weighted by Gasteiger charge is 2.26. The Balaban J connectivity index is 1.97. The SMILES string of the molecule is CN1C(=O)CN(Cc2ccccn2)c2ccc(Br)cc21. The predicted octanol–water partition coefficient (Wildman–Crippen LogP) is 2.83. The topological polar surface area (TPSA) is 36.4 Å². The number of halogens is 1. The molecule has 0 radical (unpaired) electrons. The second kappa shape index (κ2) is 5.25. The minimum Gasteiger partial charge on any atom is -0.355 e. The first-order valence-electron chi connectivity index (χ1n) is 6.36. The molecule has 0 aliphatic carbocycles. The summed E-state index contributed by atoms with van der Waals surface area (Å²) in [6.45, 7) is 1.01. The molecule has 102 valence electrons. The van der Waals surface area contributed by atoms with E-state index in [9.17, 15) is 4.79 Å². The minimum atomic E-state index is 0.0894. The first-order valence-corrected chi connectivity index (χ1v) is 7.15. The second-order valence-electron chi connectivity index (χ2n) is 4.76. The molecule has 2 heterocycles. The monoisotopic (exact) mass is 331 g/mol. The van der Waals surface area contributed by atoms with E-state index in [0.717, 1.165) is 21.5 Å². The Bertz CT molecular complexity index is 645. The van der Waals surface area contributed by atoms with Crippen molar-refractivity contribution in [1.29, 1.82) is 0 Å². The fourth-order valence-corrected chi connectivity index (χ4v) is 2.70. The number of pyridine rings is 1. The van der Waals surface area contributed by atoms with Gasteiger partial charge >= 0.3 is 0 Å². The van der Waals surface area contributed by atoms with E-state index in [2.05, 4.69) is 25.8 Å². The van der Waals surface area contributed by atoms with Crippen LogP contribution >= 0.6 is 15.9 Å². The van der Waals surface area contributed by atoms with Gasteiger partial charge in [0, 0.05) is 17.7 Å². The van der Waals surface area contributed by atoms with Gasteiger partial charge in [0.05, 0.1) is 30.2 Å². The maximum absolute atomic E-state index is 12.1. The third-order valence-corrected chi connectivity index (χ3v) is 3.91. The van der Waals surface area contributed by atoms with Gasteiger partial charge in [0.2, 0.25) is 5.91 Å². The van der Waals surface area contributed by atoms with Crippen LogP contribution < -0.4 is 9.80 Å². The number of carbonyl (C=O) groups excluding carboxylic acids is 1. The van der Waals surface area contributed by atoms with Gasteiger partial charge in [0.1, 0.15) is 0 Å². The molecule has 3 rings (SSSR count). The normalized spacial score (nSPS) is 14.4. The van der Waals surface area contributed by atoms with Gasteiger partial charge in [-0.3, -0.25) is 9.78 Å². The number of fused-ring (bicyclic) bond motifs is 1. The number of rotatable bonds is 2. The molecule has 1 aliphatic heterocycles. The van der Waals surface area contributed by atoms with Crippen molar-refractivity contribution in [2.45, 2.75) is 6.54 Å². The lowest BCUT2D eigenvalue weighted by Crippen LogP contribution is -2.43. The van der Waals surface area contributed by atoms with Crippen LogP contribution in [0.15, 0.2) is 47.1 Å². The number of amides is 1. The van der Waals surface area contributed by atoms with Crippen LogP contribution in [0.2, 0.25) is 0 Å². The Morgan fingerprint density at radius 3 is 2.85 bits per heavy atom. The summed E-state index contributed by atoms with van der Waals surface area (Å²) in [5.74, 6) is 0.0894. The molecule has 1 aliphatic rings. The third kappa shape index (κ3) is 2.41. The van der Waals surface area contributed by atoms with Crippen LogP contribution in [0.1, 0.15) is 5.69 Å². The lowest BCUT2D eigenvalue weighted by atomic mass is 10.1. The lowest BCUT2D eigenvalue weighted by Gasteiger charge is -2.35. The Morgan fingerprint density at radius 1 is 1.25 bits per heavy atom. The molecule has 2 aromatic rings. The molecular formula is C15H14BrN3O. The number of anilines is 2. The van der Waals surface area contributed by atoms with Crippen molar-refractivity contribution in [2.75, 3.05) is 23.4 Å². The van der Waals surface area contributed by atoms with Crippen molar-refractivity contribution in [3.8, 4) is 0 Å². The number of hydrogen-bond acceptors (Lipinski definition) is 3. The Kier molecular flexibility index (Phi) is 3.44. The molecule has 0 atom stereocenters. The van der Waals surface area contributed by atoms with Crippen molar-refractivity contribution in [3.63, 3.8) is 0 Å². The number of hydrogen-bond donors (Lipinski definition) is 0. The highest BCUT2D eigenvalue weighted by Crippen LogP contribution is 2.35. The van der Waals surface area contributed by atoms with Crippen LogP contribution in [0.3, 0.4) is 0 Å². The van der Waals surface area contributed by atoms with Crippen LogP contribution in [-0.2, 0) is 11.3 Å². The number of carbonyl (C=O) groups is 1. The van der Waals surface area contributed by atoms with Crippen LogP contribution in [0.25, 0.3) is 0 Å². The minimum absolute atomic E-state index is 0.0894. The summed E-state index contributed by atoms with van der Waals surface area (Å²) in [6, 6.07) is 11.8. The van der Waals surface area contributed by atoms with E-state index in [1.807, 2.05) is 43.4 Å². The van der Waals surface area contributed by atoms with Crippen LogP contribution in [0.4, 0.5) is 11.4 Å². The van der Waals surface area contributed by atoms with Crippen molar-refractivity contribution in [2.24, 2.45) is 0 Å². The van der Waals surface area contributed by atoms with Gasteiger partial charge in [-0.15, -0.1) is 0 Å².